The van der Waals surface area contributed by atoms with Gasteiger partial charge in [-0.15, -0.1) is 0 Å². The van der Waals surface area contributed by atoms with Crippen LogP contribution in [0.5, 0.6) is 0 Å². The van der Waals surface area contributed by atoms with Crippen molar-refractivity contribution in [1.82, 2.24) is 0 Å². The fourth-order valence-corrected chi connectivity index (χ4v) is 1.89. The molecule has 0 aliphatic heterocycles. The summed E-state index contributed by atoms with van der Waals surface area (Å²) in [4.78, 5) is 20.2. The highest BCUT2D eigenvalue weighted by molar-refractivity contribution is 6.30. The zero-order chi connectivity index (χ0) is 16.8. The summed E-state index contributed by atoms with van der Waals surface area (Å²) < 4.78 is 0. The molecule has 2 aromatic carbocycles. The summed E-state index contributed by atoms with van der Waals surface area (Å²) in [6.45, 7) is 0. The smallest absolute Gasteiger partial charge is 0.272 e. The molecule has 9 heteroatoms. The van der Waals surface area contributed by atoms with Crippen molar-refractivity contribution in [3.05, 3.63) is 73.3 Å². The number of halogens is 1. The second kappa shape index (κ2) is 7.32. The zero-order valence-electron chi connectivity index (χ0n) is 11.7. The summed E-state index contributed by atoms with van der Waals surface area (Å²) in [5.41, 5.74) is 2.80. The van der Waals surface area contributed by atoms with Crippen molar-refractivity contribution in [3.8, 4) is 0 Å². The van der Waals surface area contributed by atoms with Gasteiger partial charge >= 0.3 is 5.69 Å². The lowest BCUT2D eigenvalue weighted by Gasteiger charge is -2.02. The summed E-state index contributed by atoms with van der Waals surface area (Å²) in [7, 11) is 0. The lowest BCUT2D eigenvalue weighted by Crippen LogP contribution is -1.99. The molecule has 0 unspecified atom stereocenters. The van der Waals surface area contributed by atoms with Crippen molar-refractivity contribution >= 4 is 34.9 Å². The van der Waals surface area contributed by atoms with Crippen molar-refractivity contribution in [2.45, 2.75) is 6.42 Å². The van der Waals surface area contributed by atoms with Gasteiger partial charge in [-0.25, -0.2) is 0 Å². The SMILES string of the molecule is O=[N+]([O-])c1ccc(N/N=C/Cc2ccc(Cl)cc2)c([N+](=O)[O-])c1. The maximum Gasteiger partial charge on any atom is 0.301 e. The van der Waals surface area contributed by atoms with Gasteiger partial charge in [-0.1, -0.05) is 23.7 Å². The zero-order valence-corrected chi connectivity index (χ0v) is 12.4. The monoisotopic (exact) mass is 334 g/mol. The first-order chi connectivity index (χ1) is 11.0. The molecule has 2 aromatic rings. The Labute approximate surface area is 135 Å². The summed E-state index contributed by atoms with van der Waals surface area (Å²) >= 11 is 5.78. The Morgan fingerprint density at radius 2 is 1.78 bits per heavy atom. The van der Waals surface area contributed by atoms with Crippen LogP contribution in [-0.2, 0) is 6.42 Å². The van der Waals surface area contributed by atoms with E-state index in [0.717, 1.165) is 11.6 Å². The third kappa shape index (κ3) is 4.48. The standard InChI is InChI=1S/C14H11ClN4O4/c15-11-3-1-10(2-4-11)7-8-16-17-13-6-5-12(18(20)21)9-14(13)19(22)23/h1-6,8-9,17H,7H2/b16-8+. The fraction of sp³-hybridized carbons (Fsp3) is 0.0714. The Hall–Kier alpha value is -3.00. The number of nitrogens with zero attached hydrogens (tertiary/aromatic N) is 3. The Bertz CT molecular complexity index is 762. The van der Waals surface area contributed by atoms with Gasteiger partial charge in [0.1, 0.15) is 5.69 Å². The summed E-state index contributed by atoms with van der Waals surface area (Å²) in [5.74, 6) is 0. The maximum atomic E-state index is 11.0. The number of hydrazone groups is 1. The van der Waals surface area contributed by atoms with Crippen molar-refractivity contribution < 1.29 is 9.85 Å². The highest BCUT2D eigenvalue weighted by Gasteiger charge is 2.18. The number of rotatable bonds is 6. The van der Waals surface area contributed by atoms with E-state index in [0.29, 0.717) is 11.4 Å². The van der Waals surface area contributed by atoms with E-state index < -0.39 is 15.5 Å². The average molecular weight is 335 g/mol. The molecule has 0 saturated carbocycles. The van der Waals surface area contributed by atoms with Crippen molar-refractivity contribution in [2.75, 3.05) is 5.43 Å². The average Bonchev–Trinajstić information content (AvgIpc) is 2.53. The van der Waals surface area contributed by atoms with Gasteiger partial charge < -0.3 is 0 Å². The molecule has 0 bridgehead atoms. The molecular formula is C14H11ClN4O4. The van der Waals surface area contributed by atoms with Gasteiger partial charge in [-0.05, 0) is 23.8 Å². The molecule has 0 aliphatic carbocycles. The number of benzene rings is 2. The third-order valence-electron chi connectivity index (χ3n) is 2.91. The fourth-order valence-electron chi connectivity index (χ4n) is 1.77. The van der Waals surface area contributed by atoms with E-state index in [2.05, 4.69) is 10.5 Å². The largest absolute Gasteiger partial charge is 0.301 e. The molecule has 0 heterocycles. The number of hydrogen-bond acceptors (Lipinski definition) is 6. The first-order valence-electron chi connectivity index (χ1n) is 6.42. The van der Waals surface area contributed by atoms with Crippen LogP contribution in [0.2, 0.25) is 5.02 Å². The minimum Gasteiger partial charge on any atom is -0.272 e. The van der Waals surface area contributed by atoms with E-state index in [1.165, 1.54) is 18.3 Å². The summed E-state index contributed by atoms with van der Waals surface area (Å²) in [6.07, 6.45) is 2.04. The first-order valence-corrected chi connectivity index (χ1v) is 6.80. The number of nitro groups is 2. The number of non-ortho nitro benzene ring substituents is 1. The topological polar surface area (TPSA) is 111 Å². The lowest BCUT2D eigenvalue weighted by molar-refractivity contribution is -0.393. The van der Waals surface area contributed by atoms with Crippen LogP contribution in [0.25, 0.3) is 0 Å². The molecule has 118 valence electrons. The number of nitro benzene ring substituents is 2. The van der Waals surface area contributed by atoms with Gasteiger partial charge in [-0.2, -0.15) is 5.10 Å². The van der Waals surface area contributed by atoms with E-state index in [-0.39, 0.29) is 11.4 Å². The number of nitrogens with one attached hydrogen (secondary N) is 1. The Balaban J connectivity index is 2.07. The quantitative estimate of drug-likeness (QED) is 0.490. The van der Waals surface area contributed by atoms with E-state index in [1.807, 2.05) is 12.1 Å². The minimum absolute atomic E-state index is 0.0768. The van der Waals surface area contributed by atoms with Gasteiger partial charge in [0.2, 0.25) is 0 Å². The van der Waals surface area contributed by atoms with E-state index in [4.69, 9.17) is 11.6 Å². The van der Waals surface area contributed by atoms with Gasteiger partial charge in [-0.3, -0.25) is 25.7 Å². The second-order valence-electron chi connectivity index (χ2n) is 4.47. The molecule has 23 heavy (non-hydrogen) atoms. The molecule has 2 rings (SSSR count). The number of hydrogen-bond donors (Lipinski definition) is 1. The van der Waals surface area contributed by atoms with Crippen LogP contribution in [0.3, 0.4) is 0 Å². The number of anilines is 1. The van der Waals surface area contributed by atoms with Crippen LogP contribution in [0.15, 0.2) is 47.6 Å². The van der Waals surface area contributed by atoms with Crippen LogP contribution in [-0.4, -0.2) is 16.1 Å². The van der Waals surface area contributed by atoms with Crippen molar-refractivity contribution in [1.29, 1.82) is 0 Å². The molecule has 0 atom stereocenters. The normalized spacial score (nSPS) is 10.7. The van der Waals surface area contributed by atoms with E-state index in [1.54, 1.807) is 12.1 Å². The Morgan fingerprint density at radius 3 is 2.39 bits per heavy atom. The second-order valence-corrected chi connectivity index (χ2v) is 4.91. The molecule has 0 aliphatic rings. The van der Waals surface area contributed by atoms with Crippen LogP contribution in [0.1, 0.15) is 5.56 Å². The molecule has 0 amide bonds. The molecular weight excluding hydrogens is 324 g/mol. The molecule has 0 spiro atoms. The third-order valence-corrected chi connectivity index (χ3v) is 3.16. The van der Waals surface area contributed by atoms with Gasteiger partial charge in [0.15, 0.2) is 0 Å². The Morgan fingerprint density at radius 1 is 1.09 bits per heavy atom. The van der Waals surface area contributed by atoms with Crippen LogP contribution in [0.4, 0.5) is 17.1 Å². The van der Waals surface area contributed by atoms with Gasteiger partial charge in [0.25, 0.3) is 5.69 Å². The minimum atomic E-state index is -0.704. The maximum absolute atomic E-state index is 11.0. The highest BCUT2D eigenvalue weighted by atomic mass is 35.5. The van der Waals surface area contributed by atoms with E-state index in [9.17, 15) is 20.2 Å². The van der Waals surface area contributed by atoms with Crippen LogP contribution in [0, 0.1) is 20.2 Å². The van der Waals surface area contributed by atoms with Crippen LogP contribution >= 0.6 is 11.6 Å². The molecule has 8 nitrogen and oxygen atoms in total. The summed E-state index contributed by atoms with van der Waals surface area (Å²) in [5, 5.41) is 26.1. The molecule has 0 radical (unpaired) electrons. The van der Waals surface area contributed by atoms with Crippen molar-refractivity contribution in [2.24, 2.45) is 5.10 Å². The predicted octanol–water partition coefficient (Wildman–Crippen LogP) is 3.80. The molecule has 0 saturated heterocycles. The molecule has 0 aromatic heterocycles. The van der Waals surface area contributed by atoms with E-state index >= 15 is 0 Å². The van der Waals surface area contributed by atoms with Gasteiger partial charge in [0.05, 0.1) is 15.9 Å². The first kappa shape index (κ1) is 16.4. The van der Waals surface area contributed by atoms with Crippen molar-refractivity contribution in [3.63, 3.8) is 0 Å². The van der Waals surface area contributed by atoms with Crippen LogP contribution < -0.4 is 5.43 Å². The molecule has 0 fully saturated rings. The Kier molecular flexibility index (Phi) is 5.21. The highest BCUT2D eigenvalue weighted by Crippen LogP contribution is 2.28. The van der Waals surface area contributed by atoms with Gasteiger partial charge in [0, 0.05) is 23.7 Å². The lowest BCUT2D eigenvalue weighted by atomic mass is 10.2. The predicted molar refractivity (Wildman–Crippen MR) is 87.0 cm³/mol. The summed E-state index contributed by atoms with van der Waals surface area (Å²) in [6, 6.07) is 10.5. The molecule has 1 N–H and O–H groups in total.